The molecule has 1 amide bonds. The van der Waals surface area contributed by atoms with Crippen LogP contribution in [0.2, 0.25) is 0 Å². The van der Waals surface area contributed by atoms with Crippen LogP contribution >= 0.6 is 11.3 Å². The molecule has 1 aromatic carbocycles. The van der Waals surface area contributed by atoms with Crippen molar-refractivity contribution in [2.24, 2.45) is 5.10 Å². The number of benzene rings is 1. The lowest BCUT2D eigenvalue weighted by Gasteiger charge is -2.02. The molecular formula is C21H16N5O3S+. The molecule has 9 heteroatoms. The summed E-state index contributed by atoms with van der Waals surface area (Å²) in [5.41, 5.74) is 4.50. The van der Waals surface area contributed by atoms with E-state index >= 15 is 0 Å². The number of phenolic OH excluding ortho intramolecular Hbond substituents is 1. The molecule has 30 heavy (non-hydrogen) atoms. The van der Waals surface area contributed by atoms with Gasteiger partial charge < -0.3 is 5.11 Å². The molecule has 8 nitrogen and oxygen atoms in total. The van der Waals surface area contributed by atoms with Crippen molar-refractivity contribution in [3.63, 3.8) is 0 Å². The summed E-state index contributed by atoms with van der Waals surface area (Å²) in [4.78, 5) is 31.1. The Balaban J connectivity index is 1.54. The van der Waals surface area contributed by atoms with E-state index < -0.39 is 5.91 Å². The predicted molar refractivity (Wildman–Crippen MR) is 113 cm³/mol. The number of para-hydroxylation sites is 1. The summed E-state index contributed by atoms with van der Waals surface area (Å²) in [6, 6.07) is 13.8. The number of hydrogen-bond acceptors (Lipinski definition) is 6. The smallest absolute Gasteiger partial charge is 0.390 e. The fraction of sp³-hybridized carbons (Fsp3) is 0. The van der Waals surface area contributed by atoms with E-state index in [0.29, 0.717) is 10.7 Å². The van der Waals surface area contributed by atoms with Gasteiger partial charge in [0.25, 0.3) is 5.91 Å². The normalized spacial score (nSPS) is 10.9. The van der Waals surface area contributed by atoms with Crippen LogP contribution in [0.25, 0.3) is 16.9 Å². The topological polar surface area (TPSA) is 111 Å². The molecule has 0 fully saturated rings. The number of hydrazone groups is 1. The summed E-state index contributed by atoms with van der Waals surface area (Å²) in [7, 11) is 0. The zero-order chi connectivity index (χ0) is 20.9. The van der Waals surface area contributed by atoms with Gasteiger partial charge in [-0.25, -0.2) is 14.8 Å². The summed E-state index contributed by atoms with van der Waals surface area (Å²) in [5.74, 6) is -0.156. The number of amides is 1. The van der Waals surface area contributed by atoms with Gasteiger partial charge in [-0.1, -0.05) is 12.1 Å². The highest BCUT2D eigenvalue weighted by Crippen LogP contribution is 2.17. The van der Waals surface area contributed by atoms with Gasteiger partial charge in [0.15, 0.2) is 0 Å². The number of aromatic nitrogens is 3. The van der Waals surface area contributed by atoms with Crippen LogP contribution < -0.4 is 14.9 Å². The van der Waals surface area contributed by atoms with Crippen LogP contribution in [0.15, 0.2) is 83.2 Å². The lowest BCUT2D eigenvalue weighted by atomic mass is 10.1. The molecule has 0 saturated carbocycles. The number of nitrogens with one attached hydrogen (secondary N) is 2. The van der Waals surface area contributed by atoms with Crippen LogP contribution in [-0.4, -0.2) is 27.2 Å². The molecule has 0 aliphatic carbocycles. The number of nitrogens with zero attached hydrogens (tertiary/aromatic N) is 3. The first-order chi connectivity index (χ1) is 14.6. The van der Waals surface area contributed by atoms with E-state index in [9.17, 15) is 14.7 Å². The highest BCUT2D eigenvalue weighted by atomic mass is 32.1. The number of rotatable bonds is 5. The highest BCUT2D eigenvalue weighted by molar-refractivity contribution is 7.11. The predicted octanol–water partition coefficient (Wildman–Crippen LogP) is 2.24. The molecule has 0 aliphatic rings. The Morgan fingerprint density at radius 3 is 2.53 bits per heavy atom. The third-order valence-corrected chi connectivity index (χ3v) is 5.06. The van der Waals surface area contributed by atoms with Crippen LogP contribution in [0, 0.1) is 0 Å². The lowest BCUT2D eigenvalue weighted by molar-refractivity contribution is -0.599. The van der Waals surface area contributed by atoms with Crippen LogP contribution in [-0.2, 0) is 0 Å². The first kappa shape index (κ1) is 19.2. The molecule has 0 radical (unpaired) electrons. The molecule has 3 heterocycles. The minimum Gasteiger partial charge on any atom is -0.507 e. The largest absolute Gasteiger partial charge is 0.507 e. The van der Waals surface area contributed by atoms with E-state index in [4.69, 9.17) is 0 Å². The third-order valence-electron chi connectivity index (χ3n) is 4.25. The van der Waals surface area contributed by atoms with Crippen molar-refractivity contribution in [2.45, 2.75) is 0 Å². The molecule has 3 N–H and O–H groups in total. The first-order valence-corrected chi connectivity index (χ1v) is 9.70. The third kappa shape index (κ3) is 4.15. The second kappa shape index (κ2) is 8.50. The number of phenols is 1. The van der Waals surface area contributed by atoms with Gasteiger partial charge in [-0.2, -0.15) is 10.1 Å². The van der Waals surface area contributed by atoms with Gasteiger partial charge in [-0.05, 0) is 58.9 Å². The molecule has 0 unspecified atom stereocenters. The van der Waals surface area contributed by atoms with Crippen molar-refractivity contribution in [2.75, 3.05) is 0 Å². The quantitative estimate of drug-likeness (QED) is 0.262. The molecule has 0 aliphatic heterocycles. The molecular weight excluding hydrogens is 402 g/mol. The standard InChI is InChI=1S/C21H15N5O3S/c27-17-4-2-1-3-16(17)20(28)25-23-13-18-19(24-21(29)30-18)26-11-7-15(8-12-26)14-5-9-22-10-6-14/h1-13,22H,(H,27,28)/p+1. The summed E-state index contributed by atoms with van der Waals surface area (Å²) in [6.45, 7) is 0. The second-order valence-corrected chi connectivity index (χ2v) is 7.19. The zero-order valence-corrected chi connectivity index (χ0v) is 16.3. The van der Waals surface area contributed by atoms with Gasteiger partial charge in [0.2, 0.25) is 0 Å². The molecule has 3 aromatic heterocycles. The average Bonchev–Trinajstić information content (AvgIpc) is 3.15. The summed E-state index contributed by atoms with van der Waals surface area (Å²) < 4.78 is 1.76. The van der Waals surface area contributed by atoms with Crippen LogP contribution in [0.5, 0.6) is 5.75 Å². The van der Waals surface area contributed by atoms with E-state index in [1.54, 1.807) is 29.1 Å². The van der Waals surface area contributed by atoms with Crippen molar-refractivity contribution >= 4 is 23.5 Å². The number of H-pyrrole nitrogens is 1. The Bertz CT molecular complexity index is 1260. The number of hydrogen-bond donors (Lipinski definition) is 3. The van der Waals surface area contributed by atoms with Gasteiger partial charge in [-0.15, -0.1) is 0 Å². The van der Waals surface area contributed by atoms with Gasteiger partial charge in [0, 0.05) is 12.4 Å². The van der Waals surface area contributed by atoms with Gasteiger partial charge >= 0.3 is 10.7 Å². The van der Waals surface area contributed by atoms with E-state index in [1.165, 1.54) is 18.3 Å². The fourth-order valence-electron chi connectivity index (χ4n) is 2.80. The van der Waals surface area contributed by atoms with Crippen molar-refractivity contribution in [1.82, 2.24) is 15.4 Å². The molecule has 0 atom stereocenters. The summed E-state index contributed by atoms with van der Waals surface area (Å²) in [6.07, 6.45) is 8.49. The zero-order valence-electron chi connectivity index (χ0n) is 15.5. The highest BCUT2D eigenvalue weighted by Gasteiger charge is 2.16. The number of carbonyl (C=O) groups excluding carboxylic acids is 1. The van der Waals surface area contributed by atoms with E-state index in [1.807, 2.05) is 36.7 Å². The van der Waals surface area contributed by atoms with Gasteiger partial charge in [-0.3, -0.25) is 9.78 Å². The second-order valence-electron chi connectivity index (χ2n) is 6.17. The fourth-order valence-corrected chi connectivity index (χ4v) is 3.50. The average molecular weight is 418 g/mol. The van der Waals surface area contributed by atoms with Crippen molar-refractivity contribution in [3.8, 4) is 22.7 Å². The van der Waals surface area contributed by atoms with Crippen molar-refractivity contribution < 1.29 is 14.5 Å². The maximum Gasteiger partial charge on any atom is 0.390 e. The minimum atomic E-state index is -0.553. The molecule has 0 saturated heterocycles. The Morgan fingerprint density at radius 1 is 1.10 bits per heavy atom. The van der Waals surface area contributed by atoms with Crippen LogP contribution in [0.3, 0.4) is 0 Å². The lowest BCUT2D eigenvalue weighted by Crippen LogP contribution is -2.31. The minimum absolute atomic E-state index is 0.109. The Hall–Kier alpha value is -4.11. The van der Waals surface area contributed by atoms with Gasteiger partial charge in [0.05, 0.1) is 24.2 Å². The van der Waals surface area contributed by atoms with Gasteiger partial charge in [0.1, 0.15) is 10.6 Å². The number of aromatic amines is 1. The number of pyridine rings is 2. The number of aromatic hydroxyl groups is 1. The SMILES string of the molecule is O=C(N/N=C/c1sc(=O)[nH]c1-[n+]1ccc(-c2ccncc2)cc1)c1ccccc1O. The molecule has 0 bridgehead atoms. The maximum atomic E-state index is 12.1. The van der Waals surface area contributed by atoms with Crippen LogP contribution in [0.4, 0.5) is 0 Å². The molecule has 0 spiro atoms. The number of carbonyl (C=O) groups is 1. The number of thiazole rings is 1. The molecule has 4 rings (SSSR count). The van der Waals surface area contributed by atoms with Crippen molar-refractivity contribution in [3.05, 3.63) is 93.4 Å². The summed E-state index contributed by atoms with van der Waals surface area (Å²) >= 11 is 0.970. The Morgan fingerprint density at radius 2 is 1.80 bits per heavy atom. The monoisotopic (exact) mass is 418 g/mol. The first-order valence-electron chi connectivity index (χ1n) is 8.88. The molecule has 4 aromatic rings. The van der Waals surface area contributed by atoms with E-state index in [2.05, 4.69) is 20.5 Å². The van der Waals surface area contributed by atoms with E-state index in [-0.39, 0.29) is 16.2 Å². The summed E-state index contributed by atoms with van der Waals surface area (Å²) in [5, 5.41) is 13.7. The van der Waals surface area contributed by atoms with Crippen molar-refractivity contribution in [1.29, 1.82) is 0 Å². The molecule has 148 valence electrons. The maximum absolute atomic E-state index is 12.1. The van der Waals surface area contributed by atoms with E-state index in [0.717, 1.165) is 22.5 Å². The van der Waals surface area contributed by atoms with Crippen LogP contribution in [0.1, 0.15) is 15.2 Å². The Labute approximate surface area is 174 Å². The Kier molecular flexibility index (Phi) is 5.44.